The molecule has 1 fully saturated rings. The van der Waals surface area contributed by atoms with Gasteiger partial charge in [-0.25, -0.2) is 9.78 Å². The van der Waals surface area contributed by atoms with E-state index in [2.05, 4.69) is 10.3 Å². The number of nitrogens with one attached hydrogen (secondary N) is 1. The zero-order valence-corrected chi connectivity index (χ0v) is 13.5. The first-order valence-corrected chi connectivity index (χ1v) is 7.59. The number of Topliss-reactive ketones (excluding diaryl/α,β-unsaturated/α-hetero) is 1. The summed E-state index contributed by atoms with van der Waals surface area (Å²) in [5.74, 6) is 0.469. The zero-order valence-electron chi connectivity index (χ0n) is 13.5. The van der Waals surface area contributed by atoms with Crippen LogP contribution in [0.2, 0.25) is 0 Å². The highest BCUT2D eigenvalue weighted by atomic mass is 16.5. The summed E-state index contributed by atoms with van der Waals surface area (Å²) >= 11 is 0. The minimum atomic E-state index is -0.569. The average Bonchev–Trinajstić information content (AvgIpc) is 3.02. The number of esters is 1. The molecule has 1 aromatic carbocycles. The van der Waals surface area contributed by atoms with Crippen molar-refractivity contribution in [1.29, 1.82) is 0 Å². The zero-order chi connectivity index (χ0) is 17.1. The van der Waals surface area contributed by atoms with Gasteiger partial charge in [-0.2, -0.15) is 0 Å². The maximum Gasteiger partial charge on any atom is 0.360 e. The van der Waals surface area contributed by atoms with Crippen LogP contribution >= 0.6 is 0 Å². The van der Waals surface area contributed by atoms with Crippen LogP contribution in [0.3, 0.4) is 0 Å². The molecule has 0 amide bonds. The predicted octanol–water partition coefficient (Wildman–Crippen LogP) is 1.34. The van der Waals surface area contributed by atoms with E-state index in [-0.39, 0.29) is 24.1 Å². The number of carbonyl (C=O) groups is 2. The van der Waals surface area contributed by atoms with Crippen LogP contribution in [-0.2, 0) is 9.53 Å². The largest absolute Gasteiger partial charge is 0.494 e. The van der Waals surface area contributed by atoms with Crippen molar-refractivity contribution >= 4 is 22.7 Å². The standard InChI is InChI=1S/C17H18N2O5/c1-22-15-8-10-11(19-16(15)17(21)23-2)4-3-5-14(10)24-9-12-13(20)6-7-18-12/h3-5,8,12,18H,6-7,9H2,1-2H3. The van der Waals surface area contributed by atoms with Crippen LogP contribution in [0.4, 0.5) is 0 Å². The second kappa shape index (κ2) is 6.84. The molecule has 1 aliphatic rings. The van der Waals surface area contributed by atoms with Gasteiger partial charge in [0.05, 0.1) is 19.7 Å². The Labute approximate surface area is 138 Å². The van der Waals surface area contributed by atoms with Gasteiger partial charge in [0, 0.05) is 18.4 Å². The number of nitrogens with zero attached hydrogens (tertiary/aromatic N) is 1. The number of fused-ring (bicyclic) bond motifs is 1. The summed E-state index contributed by atoms with van der Waals surface area (Å²) in [6, 6.07) is 6.74. The Kier molecular flexibility index (Phi) is 4.61. The molecule has 2 aromatic rings. The highest BCUT2D eigenvalue weighted by molar-refractivity contribution is 5.96. The SMILES string of the molecule is COC(=O)c1nc2cccc(OCC3NCCC3=O)c2cc1OC. The molecule has 3 rings (SSSR count). The molecule has 0 spiro atoms. The molecule has 1 aliphatic heterocycles. The molecule has 7 nitrogen and oxygen atoms in total. The molecule has 0 saturated carbocycles. The van der Waals surface area contributed by atoms with Crippen molar-refractivity contribution in [2.24, 2.45) is 0 Å². The van der Waals surface area contributed by atoms with Crippen molar-refractivity contribution in [3.8, 4) is 11.5 Å². The van der Waals surface area contributed by atoms with Gasteiger partial charge in [-0.1, -0.05) is 6.07 Å². The summed E-state index contributed by atoms with van der Waals surface area (Å²) in [5.41, 5.74) is 0.691. The van der Waals surface area contributed by atoms with E-state index in [1.54, 1.807) is 24.3 Å². The fourth-order valence-corrected chi connectivity index (χ4v) is 2.66. The predicted molar refractivity (Wildman–Crippen MR) is 86.5 cm³/mol. The van der Waals surface area contributed by atoms with E-state index in [0.29, 0.717) is 35.4 Å². The Morgan fingerprint density at radius 3 is 2.83 bits per heavy atom. The Morgan fingerprint density at radius 2 is 2.17 bits per heavy atom. The molecular formula is C17H18N2O5. The molecule has 24 heavy (non-hydrogen) atoms. The van der Waals surface area contributed by atoms with Crippen LogP contribution in [-0.4, -0.2) is 50.1 Å². The van der Waals surface area contributed by atoms with E-state index < -0.39 is 5.97 Å². The van der Waals surface area contributed by atoms with Crippen molar-refractivity contribution < 1.29 is 23.8 Å². The van der Waals surface area contributed by atoms with Crippen molar-refractivity contribution in [3.05, 3.63) is 30.0 Å². The minimum Gasteiger partial charge on any atom is -0.494 e. The lowest BCUT2D eigenvalue weighted by molar-refractivity contribution is -0.119. The summed E-state index contributed by atoms with van der Waals surface area (Å²) < 4.78 is 15.8. The summed E-state index contributed by atoms with van der Waals surface area (Å²) in [5, 5.41) is 3.80. The Bertz CT molecular complexity index is 790. The molecule has 2 heterocycles. The molecular weight excluding hydrogens is 312 g/mol. The molecule has 1 unspecified atom stereocenters. The van der Waals surface area contributed by atoms with Crippen LogP contribution in [0.15, 0.2) is 24.3 Å². The van der Waals surface area contributed by atoms with Gasteiger partial charge < -0.3 is 19.5 Å². The van der Waals surface area contributed by atoms with Crippen LogP contribution in [0, 0.1) is 0 Å². The molecule has 126 valence electrons. The van der Waals surface area contributed by atoms with Crippen LogP contribution in [0.25, 0.3) is 10.9 Å². The second-order valence-electron chi connectivity index (χ2n) is 5.39. The van der Waals surface area contributed by atoms with Crippen LogP contribution in [0.5, 0.6) is 11.5 Å². The fraction of sp³-hybridized carbons (Fsp3) is 0.353. The van der Waals surface area contributed by atoms with Crippen molar-refractivity contribution in [2.45, 2.75) is 12.5 Å². The highest BCUT2D eigenvalue weighted by Gasteiger charge is 2.24. The third-order valence-electron chi connectivity index (χ3n) is 3.94. The molecule has 1 atom stereocenters. The lowest BCUT2D eigenvalue weighted by Crippen LogP contribution is -2.33. The smallest absolute Gasteiger partial charge is 0.360 e. The topological polar surface area (TPSA) is 86.8 Å². The van der Waals surface area contributed by atoms with E-state index in [1.165, 1.54) is 14.2 Å². The van der Waals surface area contributed by atoms with Gasteiger partial charge in [-0.05, 0) is 18.2 Å². The van der Waals surface area contributed by atoms with Gasteiger partial charge in [0.25, 0.3) is 0 Å². The lowest BCUT2D eigenvalue weighted by Gasteiger charge is -2.14. The van der Waals surface area contributed by atoms with Gasteiger partial charge in [0.1, 0.15) is 18.4 Å². The van der Waals surface area contributed by atoms with Gasteiger partial charge >= 0.3 is 5.97 Å². The normalized spacial score (nSPS) is 17.1. The van der Waals surface area contributed by atoms with E-state index in [0.717, 1.165) is 0 Å². The van der Waals surface area contributed by atoms with E-state index in [1.807, 2.05) is 0 Å². The number of pyridine rings is 1. The molecule has 0 radical (unpaired) electrons. The number of ether oxygens (including phenoxy) is 3. The monoisotopic (exact) mass is 330 g/mol. The molecule has 1 saturated heterocycles. The Balaban J connectivity index is 1.94. The number of rotatable bonds is 5. The van der Waals surface area contributed by atoms with Crippen LogP contribution in [0.1, 0.15) is 16.9 Å². The first-order chi connectivity index (χ1) is 11.6. The van der Waals surface area contributed by atoms with Gasteiger partial charge in [-0.3, -0.25) is 4.79 Å². The number of hydrogen-bond acceptors (Lipinski definition) is 7. The van der Waals surface area contributed by atoms with Crippen molar-refractivity contribution in [2.75, 3.05) is 27.4 Å². The van der Waals surface area contributed by atoms with E-state index >= 15 is 0 Å². The summed E-state index contributed by atoms with van der Waals surface area (Å²) in [6.07, 6.45) is 0.529. The quantitative estimate of drug-likeness (QED) is 0.828. The summed E-state index contributed by atoms with van der Waals surface area (Å²) in [7, 11) is 2.75. The molecule has 1 N–H and O–H groups in total. The lowest BCUT2D eigenvalue weighted by atomic mass is 10.1. The van der Waals surface area contributed by atoms with Gasteiger partial charge in [-0.15, -0.1) is 0 Å². The summed E-state index contributed by atoms with van der Waals surface area (Å²) in [6.45, 7) is 0.930. The molecule has 0 bridgehead atoms. The number of methoxy groups -OCH3 is 2. The van der Waals surface area contributed by atoms with Gasteiger partial charge in [0.15, 0.2) is 17.2 Å². The third kappa shape index (κ3) is 3.03. The van der Waals surface area contributed by atoms with Gasteiger partial charge in [0.2, 0.25) is 0 Å². The number of hydrogen-bond donors (Lipinski definition) is 1. The maximum absolute atomic E-state index is 11.8. The van der Waals surface area contributed by atoms with E-state index in [9.17, 15) is 9.59 Å². The number of carbonyl (C=O) groups excluding carboxylic acids is 2. The Morgan fingerprint density at radius 1 is 1.33 bits per heavy atom. The summed E-state index contributed by atoms with van der Waals surface area (Å²) in [4.78, 5) is 27.8. The minimum absolute atomic E-state index is 0.109. The number of benzene rings is 1. The number of ketones is 1. The fourth-order valence-electron chi connectivity index (χ4n) is 2.66. The van der Waals surface area contributed by atoms with Crippen molar-refractivity contribution in [3.63, 3.8) is 0 Å². The molecule has 1 aromatic heterocycles. The Hall–Kier alpha value is -2.67. The number of aromatic nitrogens is 1. The van der Waals surface area contributed by atoms with Crippen molar-refractivity contribution in [1.82, 2.24) is 10.3 Å². The first-order valence-electron chi connectivity index (χ1n) is 7.59. The molecule has 7 heteroatoms. The average molecular weight is 330 g/mol. The second-order valence-corrected chi connectivity index (χ2v) is 5.39. The molecule has 0 aliphatic carbocycles. The first kappa shape index (κ1) is 16.2. The maximum atomic E-state index is 11.8. The van der Waals surface area contributed by atoms with E-state index in [4.69, 9.17) is 14.2 Å². The highest BCUT2D eigenvalue weighted by Crippen LogP contribution is 2.30. The third-order valence-corrected chi connectivity index (χ3v) is 3.94. The van der Waals surface area contributed by atoms with Crippen LogP contribution < -0.4 is 14.8 Å².